The van der Waals surface area contributed by atoms with Crippen molar-refractivity contribution in [2.24, 2.45) is 0 Å². The molecule has 0 saturated carbocycles. The van der Waals surface area contributed by atoms with Crippen LogP contribution in [0.5, 0.6) is 0 Å². The number of nitrogens with zero attached hydrogens (tertiary/aromatic N) is 1. The molecule has 0 aromatic heterocycles. The first-order valence-electron chi connectivity index (χ1n) is 5.80. The average molecular weight is 214 g/mol. The SMILES string of the molecule is CCNCC(=O)N1CC(C)OCC1CC. The first kappa shape index (κ1) is 12.5. The summed E-state index contributed by atoms with van der Waals surface area (Å²) in [5.74, 6) is 0.193. The zero-order valence-corrected chi connectivity index (χ0v) is 9.95. The fourth-order valence-electron chi connectivity index (χ4n) is 1.82. The molecule has 0 bridgehead atoms. The van der Waals surface area contributed by atoms with Gasteiger partial charge in [-0.2, -0.15) is 0 Å². The number of hydrogen-bond donors (Lipinski definition) is 1. The normalized spacial score (nSPS) is 26.7. The van der Waals surface area contributed by atoms with E-state index in [4.69, 9.17) is 4.74 Å². The fourth-order valence-corrected chi connectivity index (χ4v) is 1.82. The Bertz CT molecular complexity index is 209. The van der Waals surface area contributed by atoms with Crippen molar-refractivity contribution in [1.29, 1.82) is 0 Å². The Morgan fingerprint density at radius 2 is 2.27 bits per heavy atom. The van der Waals surface area contributed by atoms with Crippen molar-refractivity contribution in [3.8, 4) is 0 Å². The van der Waals surface area contributed by atoms with Crippen LogP contribution >= 0.6 is 0 Å². The highest BCUT2D eigenvalue weighted by Gasteiger charge is 2.28. The largest absolute Gasteiger partial charge is 0.375 e. The molecule has 2 atom stereocenters. The molecule has 15 heavy (non-hydrogen) atoms. The van der Waals surface area contributed by atoms with E-state index < -0.39 is 0 Å². The second-order valence-corrected chi connectivity index (χ2v) is 4.03. The van der Waals surface area contributed by atoms with E-state index >= 15 is 0 Å². The van der Waals surface area contributed by atoms with Crippen LogP contribution in [0.4, 0.5) is 0 Å². The number of likely N-dealkylation sites (N-methyl/N-ethyl adjacent to an activating group) is 1. The van der Waals surface area contributed by atoms with Gasteiger partial charge in [0.2, 0.25) is 5.91 Å². The molecule has 1 aliphatic heterocycles. The van der Waals surface area contributed by atoms with Gasteiger partial charge < -0.3 is 15.0 Å². The molecule has 1 heterocycles. The molecule has 4 heteroatoms. The zero-order valence-electron chi connectivity index (χ0n) is 9.95. The van der Waals surface area contributed by atoms with E-state index in [0.717, 1.165) is 19.5 Å². The predicted octanol–water partition coefficient (Wildman–Crippen LogP) is 0.622. The number of carbonyl (C=O) groups excluding carboxylic acids is 1. The van der Waals surface area contributed by atoms with Crippen molar-refractivity contribution >= 4 is 5.91 Å². The summed E-state index contributed by atoms with van der Waals surface area (Å²) in [6.45, 7) is 8.80. The van der Waals surface area contributed by atoms with Crippen molar-refractivity contribution in [3.05, 3.63) is 0 Å². The molecule has 1 N–H and O–H groups in total. The minimum Gasteiger partial charge on any atom is -0.375 e. The summed E-state index contributed by atoms with van der Waals surface area (Å²) in [6, 6.07) is 0.257. The average Bonchev–Trinajstić information content (AvgIpc) is 2.25. The fraction of sp³-hybridized carbons (Fsp3) is 0.909. The summed E-state index contributed by atoms with van der Waals surface area (Å²) >= 11 is 0. The topological polar surface area (TPSA) is 41.6 Å². The van der Waals surface area contributed by atoms with Crippen molar-refractivity contribution in [2.75, 3.05) is 26.2 Å². The molecule has 1 rings (SSSR count). The molecular weight excluding hydrogens is 192 g/mol. The quantitative estimate of drug-likeness (QED) is 0.746. The molecular formula is C11H22N2O2. The van der Waals surface area contributed by atoms with Crippen LogP contribution in [0.15, 0.2) is 0 Å². The standard InChI is InChI=1S/C11H22N2O2/c1-4-10-8-15-9(3)7-13(10)11(14)6-12-5-2/h9-10,12H,4-8H2,1-3H3. The van der Waals surface area contributed by atoms with Gasteiger partial charge in [-0.3, -0.25) is 4.79 Å². The minimum atomic E-state index is 0.165. The molecule has 1 aliphatic rings. The molecule has 1 saturated heterocycles. The van der Waals surface area contributed by atoms with Gasteiger partial charge in [-0.1, -0.05) is 13.8 Å². The summed E-state index contributed by atoms with van der Waals surface area (Å²) in [7, 11) is 0. The van der Waals surface area contributed by atoms with E-state index in [1.807, 2.05) is 18.7 Å². The Kier molecular flexibility index (Phi) is 5.05. The van der Waals surface area contributed by atoms with Gasteiger partial charge >= 0.3 is 0 Å². The van der Waals surface area contributed by atoms with Gasteiger partial charge in [0.15, 0.2) is 0 Å². The van der Waals surface area contributed by atoms with E-state index in [2.05, 4.69) is 12.2 Å². The number of ether oxygens (including phenoxy) is 1. The maximum atomic E-state index is 11.9. The molecule has 1 amide bonds. The summed E-state index contributed by atoms with van der Waals surface area (Å²) in [5.41, 5.74) is 0. The molecule has 88 valence electrons. The van der Waals surface area contributed by atoms with Crippen LogP contribution in [0, 0.1) is 0 Å². The number of carbonyl (C=O) groups is 1. The maximum absolute atomic E-state index is 11.9. The first-order chi connectivity index (χ1) is 7.19. The number of nitrogens with one attached hydrogen (secondary N) is 1. The van der Waals surface area contributed by atoms with E-state index in [9.17, 15) is 4.79 Å². The third-order valence-corrected chi connectivity index (χ3v) is 2.79. The molecule has 0 aromatic carbocycles. The molecule has 0 aromatic rings. The first-order valence-corrected chi connectivity index (χ1v) is 5.80. The molecule has 0 radical (unpaired) electrons. The smallest absolute Gasteiger partial charge is 0.236 e. The molecule has 4 nitrogen and oxygen atoms in total. The maximum Gasteiger partial charge on any atom is 0.236 e. The van der Waals surface area contributed by atoms with Crippen LogP contribution in [-0.4, -0.2) is 49.2 Å². The van der Waals surface area contributed by atoms with Gasteiger partial charge in [-0.15, -0.1) is 0 Å². The summed E-state index contributed by atoms with van der Waals surface area (Å²) < 4.78 is 5.55. The van der Waals surface area contributed by atoms with Gasteiger partial charge in [0.25, 0.3) is 0 Å². The summed E-state index contributed by atoms with van der Waals surface area (Å²) in [4.78, 5) is 13.8. The van der Waals surface area contributed by atoms with Gasteiger partial charge in [-0.25, -0.2) is 0 Å². The summed E-state index contributed by atoms with van der Waals surface area (Å²) in [5, 5.41) is 3.07. The third kappa shape index (κ3) is 3.47. The van der Waals surface area contributed by atoms with E-state index in [1.54, 1.807) is 0 Å². The Morgan fingerprint density at radius 3 is 2.87 bits per heavy atom. The van der Waals surface area contributed by atoms with Crippen LogP contribution in [0.25, 0.3) is 0 Å². The Morgan fingerprint density at radius 1 is 1.53 bits per heavy atom. The van der Waals surface area contributed by atoms with Crippen LogP contribution < -0.4 is 5.32 Å². The highest BCUT2D eigenvalue weighted by molar-refractivity contribution is 5.78. The van der Waals surface area contributed by atoms with Crippen LogP contribution in [0.3, 0.4) is 0 Å². The lowest BCUT2D eigenvalue weighted by molar-refractivity contribution is -0.143. The third-order valence-electron chi connectivity index (χ3n) is 2.79. The van der Waals surface area contributed by atoms with Crippen LogP contribution in [0.1, 0.15) is 27.2 Å². The monoisotopic (exact) mass is 214 g/mol. The lowest BCUT2D eigenvalue weighted by atomic mass is 10.1. The minimum absolute atomic E-state index is 0.165. The second-order valence-electron chi connectivity index (χ2n) is 4.03. The Balaban J connectivity index is 2.50. The van der Waals surface area contributed by atoms with E-state index in [1.165, 1.54) is 0 Å². The van der Waals surface area contributed by atoms with Crippen molar-refractivity contribution < 1.29 is 9.53 Å². The van der Waals surface area contributed by atoms with E-state index in [0.29, 0.717) is 13.2 Å². The number of rotatable bonds is 4. The number of morpholine rings is 1. The lowest BCUT2D eigenvalue weighted by Gasteiger charge is -2.38. The highest BCUT2D eigenvalue weighted by atomic mass is 16.5. The highest BCUT2D eigenvalue weighted by Crippen LogP contribution is 2.14. The Labute approximate surface area is 92.0 Å². The van der Waals surface area contributed by atoms with Crippen molar-refractivity contribution in [2.45, 2.75) is 39.3 Å². The van der Waals surface area contributed by atoms with Crippen molar-refractivity contribution in [3.63, 3.8) is 0 Å². The number of amides is 1. The summed E-state index contributed by atoms with van der Waals surface area (Å²) in [6.07, 6.45) is 1.13. The van der Waals surface area contributed by atoms with Gasteiger partial charge in [-0.05, 0) is 19.9 Å². The number of hydrogen-bond acceptors (Lipinski definition) is 3. The van der Waals surface area contributed by atoms with Gasteiger partial charge in [0.1, 0.15) is 0 Å². The van der Waals surface area contributed by atoms with Crippen LogP contribution in [0.2, 0.25) is 0 Å². The van der Waals surface area contributed by atoms with Crippen LogP contribution in [-0.2, 0) is 9.53 Å². The van der Waals surface area contributed by atoms with Crippen molar-refractivity contribution in [1.82, 2.24) is 10.2 Å². The van der Waals surface area contributed by atoms with Gasteiger partial charge in [0.05, 0.1) is 25.3 Å². The Hall–Kier alpha value is -0.610. The second kappa shape index (κ2) is 6.08. The predicted molar refractivity (Wildman–Crippen MR) is 59.7 cm³/mol. The molecule has 1 fully saturated rings. The zero-order chi connectivity index (χ0) is 11.3. The molecule has 0 spiro atoms. The van der Waals surface area contributed by atoms with Gasteiger partial charge in [0, 0.05) is 6.54 Å². The molecule has 0 aliphatic carbocycles. The molecule has 2 unspecified atom stereocenters. The lowest BCUT2D eigenvalue weighted by Crippen LogP contribution is -2.53. The van der Waals surface area contributed by atoms with E-state index in [-0.39, 0.29) is 18.1 Å².